The van der Waals surface area contributed by atoms with Gasteiger partial charge >= 0.3 is 0 Å². The number of nitrogens with two attached hydrogens (primary N) is 2. The number of hydrogen-bond donors (Lipinski definition) is 2. The number of alkyl halides is 1. The molecule has 2 amide bonds. The standard InChI is InChI=1S/C4H7BrN2O2/c1-4(5,2(6)8)3(7)9/h1H3,(H2,6,8)(H2,7,9). The van der Waals surface area contributed by atoms with Crippen molar-refractivity contribution in [3.05, 3.63) is 0 Å². The molecule has 4 N–H and O–H groups in total. The zero-order chi connectivity index (χ0) is 7.65. The average Bonchev–Trinajstić information content (AvgIpc) is 1.65. The molecular formula is C4H7BrN2O2. The highest BCUT2D eigenvalue weighted by molar-refractivity contribution is 9.10. The smallest absolute Gasteiger partial charge is 0.243 e. The number of carbonyl (C=O) groups is 2. The predicted molar refractivity (Wildman–Crippen MR) is 35.7 cm³/mol. The lowest BCUT2D eigenvalue weighted by molar-refractivity contribution is -0.128. The fourth-order valence-corrected chi connectivity index (χ4v) is 0.121. The van der Waals surface area contributed by atoms with Crippen molar-refractivity contribution >= 4 is 27.7 Å². The molecule has 0 aliphatic carbocycles. The molecule has 0 radical (unpaired) electrons. The maximum atomic E-state index is 10.3. The highest BCUT2D eigenvalue weighted by atomic mass is 79.9. The largest absolute Gasteiger partial charge is 0.368 e. The van der Waals surface area contributed by atoms with E-state index in [-0.39, 0.29) is 0 Å². The molecule has 0 unspecified atom stereocenters. The minimum atomic E-state index is -1.41. The lowest BCUT2D eigenvalue weighted by Gasteiger charge is -2.11. The van der Waals surface area contributed by atoms with Crippen LogP contribution < -0.4 is 11.5 Å². The van der Waals surface area contributed by atoms with Crippen molar-refractivity contribution in [1.29, 1.82) is 0 Å². The summed E-state index contributed by atoms with van der Waals surface area (Å²) < 4.78 is -1.41. The minimum absolute atomic E-state index is 0.782. The maximum Gasteiger partial charge on any atom is 0.243 e. The van der Waals surface area contributed by atoms with Gasteiger partial charge in [-0.3, -0.25) is 9.59 Å². The van der Waals surface area contributed by atoms with E-state index in [0.717, 1.165) is 0 Å². The van der Waals surface area contributed by atoms with Gasteiger partial charge in [-0.15, -0.1) is 0 Å². The van der Waals surface area contributed by atoms with Gasteiger partial charge in [0.05, 0.1) is 0 Å². The number of halogens is 1. The molecule has 0 saturated carbocycles. The third-order valence-corrected chi connectivity index (χ3v) is 1.71. The zero-order valence-corrected chi connectivity index (χ0v) is 6.44. The van der Waals surface area contributed by atoms with Crippen LogP contribution in [0.1, 0.15) is 6.92 Å². The van der Waals surface area contributed by atoms with Crippen LogP contribution in [0.2, 0.25) is 0 Å². The van der Waals surface area contributed by atoms with Gasteiger partial charge in [0.1, 0.15) is 0 Å². The van der Waals surface area contributed by atoms with Gasteiger partial charge < -0.3 is 11.5 Å². The van der Waals surface area contributed by atoms with Crippen molar-refractivity contribution in [3.63, 3.8) is 0 Å². The molecule has 9 heavy (non-hydrogen) atoms. The fourth-order valence-electron chi connectivity index (χ4n) is 0.121. The van der Waals surface area contributed by atoms with Crippen molar-refractivity contribution in [2.24, 2.45) is 11.5 Å². The van der Waals surface area contributed by atoms with Crippen LogP contribution in [0.5, 0.6) is 0 Å². The molecule has 0 spiro atoms. The molecule has 0 fully saturated rings. The summed E-state index contributed by atoms with van der Waals surface area (Å²) in [5, 5.41) is 0. The van der Waals surface area contributed by atoms with Crippen LogP contribution in [0.15, 0.2) is 0 Å². The van der Waals surface area contributed by atoms with E-state index in [2.05, 4.69) is 15.9 Å². The first kappa shape index (κ1) is 8.42. The van der Waals surface area contributed by atoms with E-state index in [4.69, 9.17) is 11.5 Å². The molecule has 0 saturated heterocycles. The van der Waals surface area contributed by atoms with E-state index < -0.39 is 16.1 Å². The van der Waals surface area contributed by atoms with E-state index in [0.29, 0.717) is 0 Å². The molecule has 5 heteroatoms. The first-order valence-corrected chi connectivity index (χ1v) is 2.97. The zero-order valence-electron chi connectivity index (χ0n) is 4.85. The number of carbonyl (C=O) groups excluding carboxylic acids is 2. The molecule has 0 aromatic rings. The van der Waals surface area contributed by atoms with E-state index in [1.54, 1.807) is 0 Å². The first-order chi connectivity index (χ1) is 3.89. The molecule has 0 aliphatic heterocycles. The topological polar surface area (TPSA) is 86.2 Å². The average molecular weight is 195 g/mol. The van der Waals surface area contributed by atoms with Crippen molar-refractivity contribution in [2.75, 3.05) is 0 Å². The number of amides is 2. The molecule has 0 rings (SSSR count). The Kier molecular flexibility index (Phi) is 2.19. The summed E-state index contributed by atoms with van der Waals surface area (Å²) in [4.78, 5) is 20.7. The Morgan fingerprint density at radius 1 is 1.33 bits per heavy atom. The Bertz CT molecular complexity index is 139. The third-order valence-electron chi connectivity index (χ3n) is 0.925. The van der Waals surface area contributed by atoms with Crippen LogP contribution in [0.4, 0.5) is 0 Å². The summed E-state index contributed by atoms with van der Waals surface area (Å²) in [6.45, 7) is 1.30. The molecule has 0 heterocycles. The number of primary amides is 2. The van der Waals surface area contributed by atoms with E-state index >= 15 is 0 Å². The highest BCUT2D eigenvalue weighted by Gasteiger charge is 2.33. The molecule has 52 valence electrons. The predicted octanol–water partition coefficient (Wildman–Crippen LogP) is -0.889. The molecule has 0 bridgehead atoms. The van der Waals surface area contributed by atoms with Gasteiger partial charge in [0, 0.05) is 0 Å². The van der Waals surface area contributed by atoms with Crippen molar-refractivity contribution in [1.82, 2.24) is 0 Å². The van der Waals surface area contributed by atoms with Crippen LogP contribution >= 0.6 is 15.9 Å². The van der Waals surface area contributed by atoms with Crippen molar-refractivity contribution in [2.45, 2.75) is 11.2 Å². The van der Waals surface area contributed by atoms with Crippen LogP contribution in [0.25, 0.3) is 0 Å². The molecule has 0 aromatic heterocycles. The van der Waals surface area contributed by atoms with E-state index in [1.165, 1.54) is 6.92 Å². The summed E-state index contributed by atoms with van der Waals surface area (Å²) >= 11 is 2.76. The van der Waals surface area contributed by atoms with Gasteiger partial charge in [-0.2, -0.15) is 0 Å². The van der Waals surface area contributed by atoms with Crippen molar-refractivity contribution in [3.8, 4) is 0 Å². The lowest BCUT2D eigenvalue weighted by atomic mass is 10.1. The van der Waals surface area contributed by atoms with Gasteiger partial charge in [0.2, 0.25) is 11.8 Å². The summed E-state index contributed by atoms with van der Waals surface area (Å²) in [5.74, 6) is -1.56. The maximum absolute atomic E-state index is 10.3. The third kappa shape index (κ3) is 1.67. The Balaban J connectivity index is 4.38. The molecule has 4 nitrogen and oxygen atoms in total. The van der Waals surface area contributed by atoms with Crippen molar-refractivity contribution < 1.29 is 9.59 Å². The fraction of sp³-hybridized carbons (Fsp3) is 0.500. The van der Waals surface area contributed by atoms with Gasteiger partial charge in [-0.1, -0.05) is 15.9 Å². The van der Waals surface area contributed by atoms with Crippen LogP contribution in [0, 0.1) is 0 Å². The van der Waals surface area contributed by atoms with Gasteiger partial charge in [-0.05, 0) is 6.92 Å². The van der Waals surface area contributed by atoms with Gasteiger partial charge in [0.25, 0.3) is 0 Å². The molecular weight excluding hydrogens is 188 g/mol. The Morgan fingerprint density at radius 3 is 1.56 bits per heavy atom. The normalized spacial score (nSPS) is 10.9. The summed E-state index contributed by atoms with van der Waals surface area (Å²) in [7, 11) is 0. The van der Waals surface area contributed by atoms with E-state index in [1.807, 2.05) is 0 Å². The van der Waals surface area contributed by atoms with Gasteiger partial charge in [0.15, 0.2) is 4.32 Å². The number of hydrogen-bond acceptors (Lipinski definition) is 2. The second-order valence-electron chi connectivity index (χ2n) is 1.73. The van der Waals surface area contributed by atoms with Gasteiger partial charge in [-0.25, -0.2) is 0 Å². The monoisotopic (exact) mass is 194 g/mol. The molecule has 0 atom stereocenters. The van der Waals surface area contributed by atoms with Crippen LogP contribution in [0.3, 0.4) is 0 Å². The summed E-state index contributed by atoms with van der Waals surface area (Å²) in [6, 6.07) is 0. The SMILES string of the molecule is CC(Br)(C(N)=O)C(N)=O. The Morgan fingerprint density at radius 2 is 1.56 bits per heavy atom. The quantitative estimate of drug-likeness (QED) is 0.442. The highest BCUT2D eigenvalue weighted by Crippen LogP contribution is 2.14. The Labute approximate surface area is 60.7 Å². The van der Waals surface area contributed by atoms with Crippen LogP contribution in [-0.2, 0) is 9.59 Å². The molecule has 0 aromatic carbocycles. The number of rotatable bonds is 2. The summed E-state index contributed by atoms with van der Waals surface area (Å²) in [5.41, 5.74) is 9.57. The minimum Gasteiger partial charge on any atom is -0.368 e. The summed E-state index contributed by atoms with van der Waals surface area (Å²) in [6.07, 6.45) is 0. The second kappa shape index (κ2) is 2.34. The Hall–Kier alpha value is -0.580. The lowest BCUT2D eigenvalue weighted by Crippen LogP contribution is -2.46. The van der Waals surface area contributed by atoms with Crippen LogP contribution in [-0.4, -0.2) is 16.1 Å². The van der Waals surface area contributed by atoms with E-state index in [9.17, 15) is 9.59 Å². The molecule has 0 aliphatic rings. The first-order valence-electron chi connectivity index (χ1n) is 2.17. The second-order valence-corrected chi connectivity index (χ2v) is 3.32.